The Kier molecular flexibility index (Phi) is 5.95. The molecule has 10 heteroatoms. The van der Waals surface area contributed by atoms with E-state index in [-0.39, 0.29) is 11.3 Å². The summed E-state index contributed by atoms with van der Waals surface area (Å²) in [4.78, 5) is 0. The van der Waals surface area contributed by atoms with Crippen LogP contribution in [0.15, 0.2) is 28.8 Å². The lowest BCUT2D eigenvalue weighted by Gasteiger charge is -2.23. The highest BCUT2D eigenvalue weighted by atomic mass is 31.2. The molecule has 0 saturated heterocycles. The van der Waals surface area contributed by atoms with Gasteiger partial charge in [0.05, 0.1) is 12.2 Å². The fourth-order valence-corrected chi connectivity index (χ4v) is 4.42. The van der Waals surface area contributed by atoms with Gasteiger partial charge in [0.15, 0.2) is 0 Å². The van der Waals surface area contributed by atoms with Crippen LogP contribution < -0.4 is 5.30 Å². The number of nitrogens with zero attached hydrogens (tertiary/aromatic N) is 1. The van der Waals surface area contributed by atoms with Crippen molar-refractivity contribution in [3.63, 3.8) is 0 Å². The highest BCUT2D eigenvalue weighted by Crippen LogP contribution is 2.54. The van der Waals surface area contributed by atoms with Gasteiger partial charge < -0.3 is 13.6 Å². The third-order valence-corrected chi connectivity index (χ3v) is 5.38. The zero-order valence-corrected chi connectivity index (χ0v) is 15.4. The molecule has 26 heavy (non-hydrogen) atoms. The minimum Gasteiger partial charge on any atom is -0.350 e. The quantitative estimate of drug-likeness (QED) is 0.499. The summed E-state index contributed by atoms with van der Waals surface area (Å²) in [6, 6.07) is 4.48. The molecule has 0 aliphatic rings. The molecule has 0 bridgehead atoms. The lowest BCUT2D eigenvalue weighted by atomic mass is 10.1. The molecule has 5 nitrogen and oxygen atoms in total. The van der Waals surface area contributed by atoms with Crippen molar-refractivity contribution in [1.82, 2.24) is 5.16 Å². The van der Waals surface area contributed by atoms with Gasteiger partial charge in [-0.2, -0.15) is 13.2 Å². The van der Waals surface area contributed by atoms with Crippen molar-refractivity contribution in [3.05, 3.63) is 35.8 Å². The molecule has 0 atom stereocenters. The molecule has 0 unspecified atom stereocenters. The predicted molar refractivity (Wildman–Crippen MR) is 86.6 cm³/mol. The van der Waals surface area contributed by atoms with Gasteiger partial charge in [-0.3, -0.25) is 4.57 Å². The van der Waals surface area contributed by atoms with Gasteiger partial charge in [0.1, 0.15) is 16.8 Å². The topological polar surface area (TPSA) is 61.6 Å². The second kappa shape index (κ2) is 7.50. The monoisotopic (exact) mass is 395 g/mol. The average Bonchev–Trinajstić information content (AvgIpc) is 2.92. The zero-order chi connectivity index (χ0) is 19.7. The highest BCUT2D eigenvalue weighted by Gasteiger charge is 2.49. The summed E-state index contributed by atoms with van der Waals surface area (Å²) in [6.45, 7) is 6.03. The first-order valence-corrected chi connectivity index (χ1v) is 9.28. The average molecular weight is 395 g/mol. The van der Waals surface area contributed by atoms with E-state index in [4.69, 9.17) is 9.05 Å². The number of hydrogen-bond acceptors (Lipinski definition) is 5. The summed E-state index contributed by atoms with van der Waals surface area (Å²) < 4.78 is 81.7. The van der Waals surface area contributed by atoms with Crippen LogP contribution in [0.1, 0.15) is 33.5 Å². The largest absolute Gasteiger partial charge is 0.453 e. The summed E-state index contributed by atoms with van der Waals surface area (Å²) in [5, 5.41) is 2.59. The molecule has 0 spiro atoms. The summed E-state index contributed by atoms with van der Waals surface area (Å²) in [7, 11) is -4.46. The van der Waals surface area contributed by atoms with Gasteiger partial charge in [0.2, 0.25) is 0 Å². The van der Waals surface area contributed by atoms with Crippen LogP contribution in [-0.4, -0.2) is 17.4 Å². The third-order valence-electron chi connectivity index (χ3n) is 3.02. The first kappa shape index (κ1) is 20.6. The molecule has 0 aliphatic heterocycles. The van der Waals surface area contributed by atoms with Gasteiger partial charge in [-0.05, 0) is 52.0 Å². The Morgan fingerprint density at radius 2 is 1.54 bits per heavy atom. The Balaban J connectivity index is 2.74. The molecule has 0 aliphatic carbocycles. The molecule has 0 fully saturated rings. The van der Waals surface area contributed by atoms with E-state index in [1.165, 1.54) is 39.8 Å². The standard InChI is InChI=1S/C16H18F4NO4P/c1-9(2)24-26(22,25-10(3)4)14-13(11-5-7-12(17)8-6-11)21-23-15(14)16(18,19)20/h5-10H,1-4H3. The molecule has 0 N–H and O–H groups in total. The van der Waals surface area contributed by atoms with E-state index in [9.17, 15) is 22.1 Å². The van der Waals surface area contributed by atoms with Crippen molar-refractivity contribution in [2.24, 2.45) is 0 Å². The maximum atomic E-state index is 13.4. The molecule has 144 valence electrons. The fourth-order valence-electron chi connectivity index (χ4n) is 2.21. The van der Waals surface area contributed by atoms with Crippen molar-refractivity contribution >= 4 is 12.9 Å². The Labute approximate surface area is 147 Å². The smallest absolute Gasteiger partial charge is 0.350 e. The zero-order valence-electron chi connectivity index (χ0n) is 14.5. The number of aromatic nitrogens is 1. The minimum absolute atomic E-state index is 0.0839. The molecule has 2 rings (SSSR count). The van der Waals surface area contributed by atoms with E-state index >= 15 is 0 Å². The lowest BCUT2D eigenvalue weighted by Crippen LogP contribution is -2.24. The van der Waals surface area contributed by atoms with Crippen LogP contribution in [0.5, 0.6) is 0 Å². The first-order valence-electron chi connectivity index (χ1n) is 7.74. The van der Waals surface area contributed by atoms with E-state index in [0.717, 1.165) is 12.1 Å². The molecule has 0 radical (unpaired) electrons. The second-order valence-corrected chi connectivity index (χ2v) is 7.88. The SMILES string of the molecule is CC(C)OP(=O)(OC(C)C)c1c(-c2ccc(F)cc2)noc1C(F)(F)F. The maximum absolute atomic E-state index is 13.4. The van der Waals surface area contributed by atoms with Crippen LogP contribution >= 0.6 is 7.60 Å². The lowest BCUT2D eigenvalue weighted by molar-refractivity contribution is -0.154. The van der Waals surface area contributed by atoms with E-state index < -0.39 is 42.9 Å². The predicted octanol–water partition coefficient (Wildman–Crippen LogP) is 5.17. The molecule has 1 aromatic heterocycles. The van der Waals surface area contributed by atoms with Crippen molar-refractivity contribution in [3.8, 4) is 11.3 Å². The normalized spacial score (nSPS) is 13.0. The van der Waals surface area contributed by atoms with E-state index in [1.807, 2.05) is 0 Å². The number of halogens is 4. The Hall–Kier alpha value is -1.70. The third kappa shape index (κ3) is 4.52. The molecular weight excluding hydrogens is 377 g/mol. The second-order valence-electron chi connectivity index (χ2n) is 6.02. The van der Waals surface area contributed by atoms with Gasteiger partial charge in [-0.25, -0.2) is 4.39 Å². The molecule has 2 aromatic rings. The van der Waals surface area contributed by atoms with Crippen molar-refractivity contribution in [2.45, 2.75) is 46.1 Å². The molecule has 1 aromatic carbocycles. The van der Waals surface area contributed by atoms with Gasteiger partial charge in [0, 0.05) is 5.56 Å². The summed E-state index contributed by atoms with van der Waals surface area (Å²) in [6.07, 6.45) is -6.37. The van der Waals surface area contributed by atoms with E-state index in [2.05, 4.69) is 9.68 Å². The van der Waals surface area contributed by atoms with Crippen molar-refractivity contribution in [1.29, 1.82) is 0 Å². The van der Waals surface area contributed by atoms with Crippen LogP contribution in [0.4, 0.5) is 17.6 Å². The number of benzene rings is 1. The Morgan fingerprint density at radius 3 is 1.96 bits per heavy atom. The molecule has 0 saturated carbocycles. The highest BCUT2D eigenvalue weighted by molar-refractivity contribution is 7.62. The van der Waals surface area contributed by atoms with Crippen LogP contribution in [0.2, 0.25) is 0 Å². The molecular formula is C16H18F4NO4P. The number of rotatable bonds is 6. The number of hydrogen-bond donors (Lipinski definition) is 0. The van der Waals surface area contributed by atoms with Crippen molar-refractivity contribution < 1.29 is 35.7 Å². The summed E-state index contributed by atoms with van der Waals surface area (Å²) >= 11 is 0. The van der Waals surface area contributed by atoms with Crippen LogP contribution in [0.3, 0.4) is 0 Å². The summed E-state index contributed by atoms with van der Waals surface area (Å²) in [5.41, 5.74) is -0.289. The van der Waals surface area contributed by atoms with Gasteiger partial charge in [-0.15, -0.1) is 0 Å². The summed E-state index contributed by atoms with van der Waals surface area (Å²) in [5.74, 6) is -2.16. The van der Waals surface area contributed by atoms with Crippen molar-refractivity contribution in [2.75, 3.05) is 0 Å². The van der Waals surface area contributed by atoms with E-state index in [0.29, 0.717) is 0 Å². The van der Waals surface area contributed by atoms with Gasteiger partial charge in [0.25, 0.3) is 5.76 Å². The Morgan fingerprint density at radius 1 is 1.04 bits per heavy atom. The van der Waals surface area contributed by atoms with Crippen LogP contribution in [0.25, 0.3) is 11.3 Å². The van der Waals surface area contributed by atoms with Gasteiger partial charge >= 0.3 is 13.8 Å². The van der Waals surface area contributed by atoms with Crippen LogP contribution in [-0.2, 0) is 19.8 Å². The maximum Gasteiger partial charge on any atom is 0.453 e. The molecule has 1 heterocycles. The van der Waals surface area contributed by atoms with Gasteiger partial charge in [-0.1, -0.05) is 5.16 Å². The fraction of sp³-hybridized carbons (Fsp3) is 0.438. The Bertz CT molecular complexity index is 786. The van der Waals surface area contributed by atoms with E-state index in [1.54, 1.807) is 0 Å². The number of alkyl halides is 3. The molecule has 0 amide bonds. The minimum atomic E-state index is -4.98. The first-order chi connectivity index (χ1) is 11.9. The van der Waals surface area contributed by atoms with Crippen LogP contribution in [0, 0.1) is 5.82 Å².